The Morgan fingerprint density at radius 1 is 0.963 bits per heavy atom. The first-order chi connectivity index (χ1) is 13.1. The van der Waals surface area contributed by atoms with Gasteiger partial charge < -0.3 is 4.74 Å². The van der Waals surface area contributed by atoms with E-state index in [4.69, 9.17) is 9.84 Å². The van der Waals surface area contributed by atoms with Crippen LogP contribution in [0.1, 0.15) is 36.1 Å². The van der Waals surface area contributed by atoms with Gasteiger partial charge in [-0.1, -0.05) is 76.6 Å². The molecule has 3 aromatic carbocycles. The second-order valence-corrected chi connectivity index (χ2v) is 8.02. The first-order valence-electron chi connectivity index (χ1n) is 9.11. The molecule has 4 heteroatoms. The lowest BCUT2D eigenvalue weighted by atomic mass is 9.92. The first kappa shape index (κ1) is 16.6. The van der Waals surface area contributed by atoms with Crippen LogP contribution in [0.15, 0.2) is 88.4 Å². The molecular formula is C23H19BrN2O. The predicted molar refractivity (Wildman–Crippen MR) is 111 cm³/mol. The molecule has 3 aromatic rings. The van der Waals surface area contributed by atoms with Gasteiger partial charge >= 0.3 is 0 Å². The molecule has 0 N–H and O–H groups in total. The Morgan fingerprint density at radius 2 is 1.67 bits per heavy atom. The number of nitrogens with zero attached hydrogens (tertiary/aromatic N) is 2. The van der Waals surface area contributed by atoms with E-state index < -0.39 is 5.72 Å². The summed E-state index contributed by atoms with van der Waals surface area (Å²) in [6.45, 7) is 2.11. The van der Waals surface area contributed by atoms with Crippen molar-refractivity contribution in [2.75, 3.05) is 0 Å². The van der Waals surface area contributed by atoms with Gasteiger partial charge in [-0.15, -0.1) is 0 Å². The summed E-state index contributed by atoms with van der Waals surface area (Å²) in [7, 11) is 0. The van der Waals surface area contributed by atoms with Crippen LogP contribution in [0.25, 0.3) is 0 Å². The molecule has 2 atom stereocenters. The minimum atomic E-state index is -0.656. The van der Waals surface area contributed by atoms with Crippen LogP contribution in [-0.2, 0) is 5.72 Å². The fraction of sp³-hybridized carbons (Fsp3) is 0.174. The van der Waals surface area contributed by atoms with Gasteiger partial charge in [0.15, 0.2) is 0 Å². The second kappa shape index (κ2) is 6.24. The van der Waals surface area contributed by atoms with E-state index in [1.165, 1.54) is 11.1 Å². The van der Waals surface area contributed by atoms with Crippen LogP contribution < -0.4 is 4.74 Å². The summed E-state index contributed by atoms with van der Waals surface area (Å²) in [4.78, 5) is 0. The summed E-state index contributed by atoms with van der Waals surface area (Å²) in [5.74, 6) is 0.939. The highest BCUT2D eigenvalue weighted by Gasteiger charge is 2.48. The van der Waals surface area contributed by atoms with Crippen molar-refractivity contribution in [2.24, 2.45) is 5.10 Å². The summed E-state index contributed by atoms with van der Waals surface area (Å²) in [6.07, 6.45) is 0.872. The molecule has 5 rings (SSSR count). The Hall–Kier alpha value is -2.59. The molecule has 3 nitrogen and oxygen atoms in total. The molecule has 0 saturated heterocycles. The number of ether oxygens (including phenoxy) is 1. The molecule has 0 aromatic heterocycles. The molecule has 2 heterocycles. The molecule has 0 saturated carbocycles. The third kappa shape index (κ3) is 2.67. The Morgan fingerprint density at radius 3 is 2.44 bits per heavy atom. The van der Waals surface area contributed by atoms with Gasteiger partial charge in [0.1, 0.15) is 5.75 Å². The minimum absolute atomic E-state index is 0.166. The van der Waals surface area contributed by atoms with Crippen molar-refractivity contribution < 1.29 is 4.74 Å². The van der Waals surface area contributed by atoms with Crippen LogP contribution in [-0.4, -0.2) is 10.7 Å². The van der Waals surface area contributed by atoms with Crippen molar-refractivity contribution in [1.29, 1.82) is 0 Å². The number of hydrogen-bond acceptors (Lipinski definition) is 3. The van der Waals surface area contributed by atoms with Gasteiger partial charge in [-0.3, -0.25) is 0 Å². The molecule has 134 valence electrons. The molecule has 0 spiro atoms. The third-order valence-electron chi connectivity index (χ3n) is 5.42. The zero-order valence-corrected chi connectivity index (χ0v) is 16.6. The van der Waals surface area contributed by atoms with Crippen LogP contribution in [0.3, 0.4) is 0 Å². The molecule has 0 fully saturated rings. The highest BCUT2D eigenvalue weighted by atomic mass is 79.9. The summed E-state index contributed by atoms with van der Waals surface area (Å²) >= 11 is 3.53. The summed E-state index contributed by atoms with van der Waals surface area (Å²) in [5, 5.41) is 7.18. The largest absolute Gasteiger partial charge is 0.462 e. The molecule has 2 aliphatic rings. The molecule has 0 amide bonds. The number of hydrogen-bond donors (Lipinski definition) is 0. The standard InChI is InChI=1S/C23H19BrN2O/c1-23(17-11-13-18(24)14-12-17)26-21(19-9-5-6-10-22(19)27-23)15-20(25-26)16-7-3-2-4-8-16/h2-14,21H,15H2,1H3/t21-,23-/m1/s1. The van der Waals surface area contributed by atoms with Gasteiger partial charge in [0.05, 0.1) is 11.8 Å². The van der Waals surface area contributed by atoms with E-state index in [-0.39, 0.29) is 6.04 Å². The van der Waals surface area contributed by atoms with Crippen molar-refractivity contribution in [3.63, 3.8) is 0 Å². The number of benzene rings is 3. The van der Waals surface area contributed by atoms with Gasteiger partial charge in [0.25, 0.3) is 0 Å². The maximum Gasteiger partial charge on any atom is 0.221 e. The van der Waals surface area contributed by atoms with Crippen LogP contribution in [0.2, 0.25) is 0 Å². The predicted octanol–water partition coefficient (Wildman–Crippen LogP) is 5.87. The average molecular weight is 419 g/mol. The molecule has 27 heavy (non-hydrogen) atoms. The normalized spacial score (nSPS) is 23.3. The molecule has 0 unspecified atom stereocenters. The quantitative estimate of drug-likeness (QED) is 0.519. The van der Waals surface area contributed by atoms with Crippen LogP contribution in [0.5, 0.6) is 5.75 Å². The average Bonchev–Trinajstić information content (AvgIpc) is 3.16. The second-order valence-electron chi connectivity index (χ2n) is 7.11. The van der Waals surface area contributed by atoms with Crippen molar-refractivity contribution >= 4 is 21.6 Å². The first-order valence-corrected chi connectivity index (χ1v) is 9.91. The highest BCUT2D eigenvalue weighted by molar-refractivity contribution is 9.10. The zero-order valence-electron chi connectivity index (χ0n) is 15.0. The monoisotopic (exact) mass is 418 g/mol. The number of fused-ring (bicyclic) bond motifs is 3. The number of halogens is 1. The smallest absolute Gasteiger partial charge is 0.221 e. The van der Waals surface area contributed by atoms with Crippen LogP contribution >= 0.6 is 15.9 Å². The maximum absolute atomic E-state index is 6.55. The van der Waals surface area contributed by atoms with E-state index in [9.17, 15) is 0 Å². The van der Waals surface area contributed by atoms with E-state index in [0.717, 1.165) is 27.9 Å². The Balaban J connectivity index is 1.65. The van der Waals surface area contributed by atoms with Crippen molar-refractivity contribution in [3.8, 4) is 5.75 Å². The van der Waals surface area contributed by atoms with Crippen molar-refractivity contribution in [1.82, 2.24) is 5.01 Å². The minimum Gasteiger partial charge on any atom is -0.462 e. The Bertz CT molecular complexity index is 1020. The van der Waals surface area contributed by atoms with Gasteiger partial charge in [-0.25, -0.2) is 5.01 Å². The van der Waals surface area contributed by atoms with Gasteiger partial charge in [0.2, 0.25) is 5.72 Å². The lowest BCUT2D eigenvalue weighted by Gasteiger charge is -2.46. The molecular weight excluding hydrogens is 400 g/mol. The number of hydrazone groups is 1. The van der Waals surface area contributed by atoms with E-state index in [1.54, 1.807) is 0 Å². The fourth-order valence-corrected chi connectivity index (χ4v) is 4.28. The van der Waals surface area contributed by atoms with Gasteiger partial charge in [0, 0.05) is 28.9 Å². The van der Waals surface area contributed by atoms with E-state index in [2.05, 4.69) is 94.6 Å². The van der Waals surface area contributed by atoms with E-state index in [0.29, 0.717) is 0 Å². The molecule has 0 bridgehead atoms. The number of para-hydroxylation sites is 1. The SMILES string of the molecule is C[C@]1(c2ccc(Br)cc2)Oc2ccccc2[C@H]2CC(c3ccccc3)=NN21. The van der Waals surface area contributed by atoms with Crippen LogP contribution in [0, 0.1) is 0 Å². The molecule has 2 aliphatic heterocycles. The summed E-state index contributed by atoms with van der Waals surface area (Å²) in [5.41, 5.74) is 3.90. The third-order valence-corrected chi connectivity index (χ3v) is 5.95. The lowest BCUT2D eigenvalue weighted by molar-refractivity contribution is -0.112. The Labute approximate surface area is 167 Å². The van der Waals surface area contributed by atoms with E-state index >= 15 is 0 Å². The maximum atomic E-state index is 6.55. The number of rotatable bonds is 2. The summed E-state index contributed by atoms with van der Waals surface area (Å²) < 4.78 is 7.60. The molecule has 0 aliphatic carbocycles. The van der Waals surface area contributed by atoms with Crippen LogP contribution in [0.4, 0.5) is 0 Å². The summed E-state index contributed by atoms with van der Waals surface area (Å²) in [6, 6.07) is 27.2. The van der Waals surface area contributed by atoms with Gasteiger partial charge in [-0.05, 0) is 23.8 Å². The van der Waals surface area contributed by atoms with E-state index in [1.807, 2.05) is 12.1 Å². The zero-order chi connectivity index (χ0) is 18.4. The topological polar surface area (TPSA) is 24.8 Å². The molecule has 0 radical (unpaired) electrons. The van der Waals surface area contributed by atoms with Crippen molar-refractivity contribution in [3.05, 3.63) is 100 Å². The van der Waals surface area contributed by atoms with Gasteiger partial charge in [-0.2, -0.15) is 5.10 Å². The fourth-order valence-electron chi connectivity index (χ4n) is 4.01. The lowest BCUT2D eigenvalue weighted by Crippen LogP contribution is -2.48. The van der Waals surface area contributed by atoms with Crippen molar-refractivity contribution in [2.45, 2.75) is 25.1 Å². The highest BCUT2D eigenvalue weighted by Crippen LogP contribution is 2.50. The Kier molecular flexibility index (Phi) is 3.83.